The van der Waals surface area contributed by atoms with Gasteiger partial charge in [-0.15, -0.1) is 13.2 Å². The highest BCUT2D eigenvalue weighted by Crippen LogP contribution is 2.29. The fraction of sp³-hybridized carbons (Fsp3) is 0.364. The summed E-state index contributed by atoms with van der Waals surface area (Å²) in [7, 11) is 0. The summed E-state index contributed by atoms with van der Waals surface area (Å²) in [5, 5.41) is -0.0434. The summed E-state index contributed by atoms with van der Waals surface area (Å²) in [6.07, 6.45) is -4.34. The molecule has 0 aliphatic heterocycles. The van der Waals surface area contributed by atoms with Crippen LogP contribution < -0.4 is 4.74 Å². The van der Waals surface area contributed by atoms with Gasteiger partial charge in [0.2, 0.25) is 0 Å². The molecule has 1 aromatic rings. The summed E-state index contributed by atoms with van der Waals surface area (Å²) in [6.45, 7) is 1.76. The zero-order valence-electron chi connectivity index (χ0n) is 8.97. The number of hydrogen-bond acceptors (Lipinski definition) is 2. The topological polar surface area (TPSA) is 26.3 Å². The van der Waals surface area contributed by atoms with E-state index in [1.165, 1.54) is 6.07 Å². The van der Waals surface area contributed by atoms with E-state index < -0.39 is 17.9 Å². The average Bonchev–Trinajstić information content (AvgIpc) is 2.25. The van der Waals surface area contributed by atoms with Crippen LogP contribution in [0.5, 0.6) is 5.75 Å². The molecule has 0 N–H and O–H groups in total. The zero-order chi connectivity index (χ0) is 13.1. The number of hydrogen-bond donors (Lipinski definition) is 0. The molecule has 0 saturated carbocycles. The minimum atomic E-state index is -4.80. The number of carbonyl (C=O) groups excluding carboxylic acids is 1. The number of alkyl halides is 4. The number of ketones is 1. The molecule has 0 atom stereocenters. The van der Waals surface area contributed by atoms with E-state index in [-0.39, 0.29) is 10.9 Å². The number of rotatable bonds is 4. The maximum Gasteiger partial charge on any atom is 0.573 e. The van der Waals surface area contributed by atoms with E-state index in [0.29, 0.717) is 12.0 Å². The highest BCUT2D eigenvalue weighted by molar-refractivity contribution is 9.09. The standard InChI is InChI=1S/C11H10BrF3O2/c1-2-7-4-3-5-9(17-11(13,14)15)10(7)8(16)6-12/h3-5H,2,6H2,1H3. The van der Waals surface area contributed by atoms with Gasteiger partial charge in [-0.3, -0.25) is 4.79 Å². The Balaban J connectivity index is 3.24. The van der Waals surface area contributed by atoms with Crippen LogP contribution in [-0.2, 0) is 6.42 Å². The number of ether oxygens (including phenoxy) is 1. The molecule has 0 spiro atoms. The summed E-state index contributed by atoms with van der Waals surface area (Å²) in [5.41, 5.74) is 0.528. The van der Waals surface area contributed by atoms with Crippen molar-refractivity contribution in [2.75, 3.05) is 5.33 Å². The van der Waals surface area contributed by atoms with E-state index in [9.17, 15) is 18.0 Å². The van der Waals surface area contributed by atoms with Gasteiger partial charge in [-0.2, -0.15) is 0 Å². The molecule has 0 aromatic heterocycles. The van der Waals surface area contributed by atoms with E-state index in [2.05, 4.69) is 20.7 Å². The molecule has 0 radical (unpaired) electrons. The second kappa shape index (κ2) is 5.53. The second-order valence-electron chi connectivity index (χ2n) is 3.25. The molecule has 0 aliphatic rings. The second-order valence-corrected chi connectivity index (χ2v) is 3.81. The van der Waals surface area contributed by atoms with Crippen molar-refractivity contribution in [2.24, 2.45) is 0 Å². The highest BCUT2D eigenvalue weighted by Gasteiger charge is 2.33. The summed E-state index contributed by atoms with van der Waals surface area (Å²) in [5.74, 6) is -0.872. The molecule has 1 aromatic carbocycles. The van der Waals surface area contributed by atoms with E-state index in [1.54, 1.807) is 13.0 Å². The lowest BCUT2D eigenvalue weighted by Crippen LogP contribution is -2.20. The van der Waals surface area contributed by atoms with Gasteiger partial charge in [-0.25, -0.2) is 0 Å². The lowest BCUT2D eigenvalue weighted by Gasteiger charge is -2.14. The molecule has 0 amide bonds. The van der Waals surface area contributed by atoms with Crippen molar-refractivity contribution in [1.29, 1.82) is 0 Å². The lowest BCUT2D eigenvalue weighted by molar-refractivity contribution is -0.274. The number of carbonyl (C=O) groups is 1. The van der Waals surface area contributed by atoms with Crippen LogP contribution >= 0.6 is 15.9 Å². The molecule has 0 fully saturated rings. The van der Waals surface area contributed by atoms with E-state index in [4.69, 9.17) is 0 Å². The Hall–Kier alpha value is -1.04. The molecular formula is C11H10BrF3O2. The third-order valence-corrected chi connectivity index (χ3v) is 2.63. The summed E-state index contributed by atoms with van der Waals surface area (Å²) < 4.78 is 40.4. The summed E-state index contributed by atoms with van der Waals surface area (Å²) >= 11 is 2.94. The maximum absolute atomic E-state index is 12.2. The van der Waals surface area contributed by atoms with Gasteiger partial charge in [-0.05, 0) is 18.1 Å². The van der Waals surface area contributed by atoms with Gasteiger partial charge in [0.25, 0.3) is 0 Å². The first kappa shape index (κ1) is 14.0. The molecule has 2 nitrogen and oxygen atoms in total. The minimum Gasteiger partial charge on any atom is -0.405 e. The van der Waals surface area contributed by atoms with Crippen molar-refractivity contribution in [3.8, 4) is 5.75 Å². The first-order valence-electron chi connectivity index (χ1n) is 4.85. The Bertz CT molecular complexity index is 416. The van der Waals surface area contributed by atoms with Crippen molar-refractivity contribution >= 4 is 21.7 Å². The molecule has 0 unspecified atom stereocenters. The average molecular weight is 311 g/mol. The molecular weight excluding hydrogens is 301 g/mol. The van der Waals surface area contributed by atoms with Crippen molar-refractivity contribution in [3.05, 3.63) is 29.3 Å². The van der Waals surface area contributed by atoms with Crippen LogP contribution in [0.15, 0.2) is 18.2 Å². The third-order valence-electron chi connectivity index (χ3n) is 2.12. The predicted octanol–water partition coefficient (Wildman–Crippen LogP) is 3.73. The Morgan fingerprint density at radius 2 is 2.06 bits per heavy atom. The SMILES string of the molecule is CCc1cccc(OC(F)(F)F)c1C(=O)CBr. The lowest BCUT2D eigenvalue weighted by atomic mass is 10.0. The summed E-state index contributed by atoms with van der Waals surface area (Å²) in [4.78, 5) is 11.6. The van der Waals surface area contributed by atoms with Gasteiger partial charge in [-0.1, -0.05) is 35.0 Å². The van der Waals surface area contributed by atoms with Gasteiger partial charge in [0.05, 0.1) is 10.9 Å². The first-order valence-corrected chi connectivity index (χ1v) is 5.98. The Morgan fingerprint density at radius 3 is 2.53 bits per heavy atom. The molecule has 0 saturated heterocycles. The van der Waals surface area contributed by atoms with Gasteiger partial charge < -0.3 is 4.74 Å². The van der Waals surface area contributed by atoms with Gasteiger partial charge in [0.15, 0.2) is 5.78 Å². The largest absolute Gasteiger partial charge is 0.573 e. The molecule has 1 rings (SSSR count). The highest BCUT2D eigenvalue weighted by atomic mass is 79.9. The smallest absolute Gasteiger partial charge is 0.405 e. The van der Waals surface area contributed by atoms with Crippen LogP contribution in [0.25, 0.3) is 0 Å². The van der Waals surface area contributed by atoms with Gasteiger partial charge in [0.1, 0.15) is 5.75 Å². The third kappa shape index (κ3) is 3.73. The quantitative estimate of drug-likeness (QED) is 0.626. The predicted molar refractivity (Wildman–Crippen MR) is 60.6 cm³/mol. The van der Waals surface area contributed by atoms with Crippen molar-refractivity contribution in [2.45, 2.75) is 19.7 Å². The van der Waals surface area contributed by atoms with E-state index in [0.717, 1.165) is 6.07 Å². The molecule has 17 heavy (non-hydrogen) atoms. The Labute approximate surface area is 105 Å². The summed E-state index contributed by atoms with van der Waals surface area (Å²) in [6, 6.07) is 4.19. The number of halogens is 4. The molecule has 94 valence electrons. The van der Waals surface area contributed by atoms with Crippen LogP contribution in [0.4, 0.5) is 13.2 Å². The molecule has 0 aliphatic carbocycles. The number of benzene rings is 1. The monoisotopic (exact) mass is 310 g/mol. The molecule has 6 heteroatoms. The van der Waals surface area contributed by atoms with Crippen molar-refractivity contribution < 1.29 is 22.7 Å². The Morgan fingerprint density at radius 1 is 1.41 bits per heavy atom. The first-order chi connectivity index (χ1) is 7.89. The maximum atomic E-state index is 12.2. The van der Waals surface area contributed by atoms with Crippen LogP contribution in [0.2, 0.25) is 0 Å². The van der Waals surface area contributed by atoms with Crippen LogP contribution in [0, 0.1) is 0 Å². The Kier molecular flexibility index (Phi) is 4.56. The van der Waals surface area contributed by atoms with E-state index >= 15 is 0 Å². The van der Waals surface area contributed by atoms with Gasteiger partial charge in [0, 0.05) is 0 Å². The van der Waals surface area contributed by atoms with Crippen LogP contribution in [0.1, 0.15) is 22.8 Å². The minimum absolute atomic E-state index is 0.01000. The molecule has 0 heterocycles. The van der Waals surface area contributed by atoms with Crippen molar-refractivity contribution in [3.63, 3.8) is 0 Å². The van der Waals surface area contributed by atoms with Gasteiger partial charge >= 0.3 is 6.36 Å². The fourth-order valence-corrected chi connectivity index (χ4v) is 1.74. The van der Waals surface area contributed by atoms with Crippen LogP contribution in [0.3, 0.4) is 0 Å². The molecule has 0 bridgehead atoms. The zero-order valence-corrected chi connectivity index (χ0v) is 10.6. The number of Topliss-reactive ketones (excluding diaryl/α,β-unsaturated/α-hetero) is 1. The number of aryl methyl sites for hydroxylation is 1. The van der Waals surface area contributed by atoms with Crippen LogP contribution in [-0.4, -0.2) is 17.5 Å². The fourth-order valence-electron chi connectivity index (χ4n) is 1.46. The van der Waals surface area contributed by atoms with Crippen molar-refractivity contribution in [1.82, 2.24) is 0 Å². The van der Waals surface area contributed by atoms with E-state index in [1.807, 2.05) is 0 Å². The normalized spacial score (nSPS) is 11.4.